The molecule has 1 aliphatic heterocycles. The molecule has 1 atom stereocenters. The minimum Gasteiger partial charge on any atom is -0.477 e. The van der Waals surface area contributed by atoms with E-state index in [9.17, 15) is 4.79 Å². The molecule has 1 amide bonds. The van der Waals surface area contributed by atoms with E-state index in [4.69, 9.17) is 14.8 Å². The summed E-state index contributed by atoms with van der Waals surface area (Å²) < 4.78 is 10.8. The van der Waals surface area contributed by atoms with Crippen molar-refractivity contribution in [2.75, 3.05) is 29.9 Å². The number of amides is 1. The van der Waals surface area contributed by atoms with Gasteiger partial charge in [-0.1, -0.05) is 19.9 Å². The molecule has 0 aromatic carbocycles. The van der Waals surface area contributed by atoms with Gasteiger partial charge in [-0.25, -0.2) is 14.6 Å². The molecule has 10 heteroatoms. The van der Waals surface area contributed by atoms with Gasteiger partial charge in [-0.2, -0.15) is 0 Å². The van der Waals surface area contributed by atoms with Crippen LogP contribution in [0.25, 0.3) is 5.82 Å². The summed E-state index contributed by atoms with van der Waals surface area (Å²) in [5, 5.41) is 8.71. The van der Waals surface area contributed by atoms with Crippen LogP contribution in [-0.2, 0) is 0 Å². The van der Waals surface area contributed by atoms with Crippen molar-refractivity contribution >= 4 is 29.5 Å². The molecule has 3 saturated carbocycles. The largest absolute Gasteiger partial charge is 0.477 e. The lowest BCUT2D eigenvalue weighted by Crippen LogP contribution is -2.40. The molecule has 228 valence electrons. The maximum Gasteiger partial charge on any atom is 0.265 e. The van der Waals surface area contributed by atoms with E-state index < -0.39 is 0 Å². The molecule has 2 N–H and O–H groups in total. The Hall–Kier alpha value is -3.27. The molecule has 3 aliphatic carbocycles. The number of anilines is 2. The number of rotatable bonds is 12. The standard InChI is InChI=1S/C33H43N7O2S/c1-5-17-34-25-7-6-8-28(35-25)43-38-30(41)23-9-10-26(36-29(23)39-21-22(2)20-31(39,3)4)40-18-11-27(37-40)42-19-12-24-32(13-14-32)33(24)15-16-33/h6-11,18,22,24H,5,12-17,19-21H2,1-4H3,(H,34,35)(H,38,41). The molecular weight excluding hydrogens is 558 g/mol. The first-order chi connectivity index (χ1) is 20.7. The summed E-state index contributed by atoms with van der Waals surface area (Å²) in [5.74, 6) is 3.92. The zero-order valence-corrected chi connectivity index (χ0v) is 26.5. The van der Waals surface area contributed by atoms with E-state index in [1.807, 2.05) is 42.6 Å². The summed E-state index contributed by atoms with van der Waals surface area (Å²) in [6.07, 6.45) is 10.8. The maximum absolute atomic E-state index is 13.6. The van der Waals surface area contributed by atoms with Gasteiger partial charge in [-0.3, -0.25) is 9.52 Å². The summed E-state index contributed by atoms with van der Waals surface area (Å²) in [5.41, 5.74) is 1.81. The number of carbonyl (C=O) groups excluding carboxylic acids is 1. The molecule has 4 aliphatic rings. The smallest absolute Gasteiger partial charge is 0.265 e. The van der Waals surface area contributed by atoms with E-state index in [1.54, 1.807) is 4.68 Å². The quantitative estimate of drug-likeness (QED) is 0.227. The molecule has 1 unspecified atom stereocenters. The van der Waals surface area contributed by atoms with Crippen molar-refractivity contribution in [1.82, 2.24) is 24.5 Å². The third kappa shape index (κ3) is 5.25. The molecule has 0 radical (unpaired) electrons. The van der Waals surface area contributed by atoms with Crippen LogP contribution in [0.1, 0.15) is 83.0 Å². The number of aromatic nitrogens is 4. The van der Waals surface area contributed by atoms with Crippen LogP contribution in [0.2, 0.25) is 0 Å². The number of nitrogens with one attached hydrogen (secondary N) is 2. The maximum atomic E-state index is 13.6. The summed E-state index contributed by atoms with van der Waals surface area (Å²) >= 11 is 1.22. The molecule has 43 heavy (non-hydrogen) atoms. The van der Waals surface area contributed by atoms with E-state index >= 15 is 0 Å². The molecule has 2 spiro atoms. The van der Waals surface area contributed by atoms with Gasteiger partial charge in [0, 0.05) is 42.8 Å². The van der Waals surface area contributed by atoms with E-state index in [-0.39, 0.29) is 11.4 Å². The second kappa shape index (κ2) is 10.7. The van der Waals surface area contributed by atoms with E-state index in [0.717, 1.165) is 49.1 Å². The summed E-state index contributed by atoms with van der Waals surface area (Å²) in [6.45, 7) is 11.2. The van der Waals surface area contributed by atoms with E-state index in [2.05, 4.69) is 47.6 Å². The van der Waals surface area contributed by atoms with Gasteiger partial charge in [0.15, 0.2) is 5.82 Å². The number of hydrogen-bond acceptors (Lipinski definition) is 8. The van der Waals surface area contributed by atoms with Crippen molar-refractivity contribution in [3.8, 4) is 11.7 Å². The Morgan fingerprint density at radius 2 is 1.88 bits per heavy atom. The topological polar surface area (TPSA) is 97.2 Å². The highest BCUT2D eigenvalue weighted by Gasteiger charge is 2.85. The van der Waals surface area contributed by atoms with Crippen LogP contribution >= 0.6 is 11.9 Å². The predicted octanol–water partition coefficient (Wildman–Crippen LogP) is 6.51. The van der Waals surface area contributed by atoms with Gasteiger partial charge in [0.2, 0.25) is 5.88 Å². The second-order valence-electron chi connectivity index (χ2n) is 13.7. The lowest BCUT2D eigenvalue weighted by molar-refractivity contribution is 0.0984. The van der Waals surface area contributed by atoms with Crippen molar-refractivity contribution < 1.29 is 9.53 Å². The lowest BCUT2D eigenvalue weighted by atomic mass is 9.97. The lowest BCUT2D eigenvalue weighted by Gasteiger charge is -2.34. The zero-order valence-electron chi connectivity index (χ0n) is 25.7. The third-order valence-corrected chi connectivity index (χ3v) is 11.0. The Morgan fingerprint density at radius 3 is 2.58 bits per heavy atom. The Kier molecular flexibility index (Phi) is 7.10. The molecule has 3 aromatic heterocycles. The third-order valence-electron chi connectivity index (χ3n) is 10.2. The second-order valence-corrected chi connectivity index (χ2v) is 14.5. The van der Waals surface area contributed by atoms with Gasteiger partial charge >= 0.3 is 0 Å². The molecule has 7 rings (SSSR count). The first-order valence-electron chi connectivity index (χ1n) is 15.9. The van der Waals surface area contributed by atoms with Crippen LogP contribution in [0.3, 0.4) is 0 Å². The fourth-order valence-electron chi connectivity index (χ4n) is 8.03. The SMILES string of the molecule is CCCNc1cccc(SNC(=O)c2ccc(-n3ccc(OCCC4C5(CC5)C45CC5)n3)nc2N2CC(C)CC2(C)C)n1. The Balaban J connectivity index is 1.07. The van der Waals surface area contributed by atoms with Gasteiger partial charge < -0.3 is 15.0 Å². The van der Waals surface area contributed by atoms with E-state index in [0.29, 0.717) is 46.4 Å². The highest BCUT2D eigenvalue weighted by Crippen LogP contribution is 2.93. The van der Waals surface area contributed by atoms with E-state index in [1.165, 1.54) is 37.6 Å². The van der Waals surface area contributed by atoms with Crippen LogP contribution < -0.4 is 19.7 Å². The predicted molar refractivity (Wildman–Crippen MR) is 170 cm³/mol. The number of pyridine rings is 2. The van der Waals surface area contributed by atoms with Gasteiger partial charge in [0.05, 0.1) is 12.2 Å². The Bertz CT molecular complexity index is 1490. The number of ether oxygens (including phenoxy) is 1. The first kappa shape index (κ1) is 28.5. The minimum absolute atomic E-state index is 0.132. The average Bonchev–Trinajstić information content (AvgIpc) is 3.95. The number of nitrogens with zero attached hydrogens (tertiary/aromatic N) is 5. The van der Waals surface area contributed by atoms with Crippen LogP contribution in [0, 0.1) is 22.7 Å². The fraction of sp³-hybridized carbons (Fsp3) is 0.576. The summed E-state index contributed by atoms with van der Waals surface area (Å²) in [6, 6.07) is 11.4. The molecule has 4 fully saturated rings. The van der Waals surface area contributed by atoms with Crippen molar-refractivity contribution in [3.05, 3.63) is 48.2 Å². The summed E-state index contributed by atoms with van der Waals surface area (Å²) in [7, 11) is 0. The molecular formula is C33H43N7O2S. The normalized spacial score (nSPS) is 22.1. The van der Waals surface area contributed by atoms with Crippen molar-refractivity contribution in [2.24, 2.45) is 22.7 Å². The zero-order chi connectivity index (χ0) is 29.8. The molecule has 0 bridgehead atoms. The van der Waals surface area contributed by atoms with Crippen LogP contribution in [0.4, 0.5) is 11.6 Å². The Labute approximate surface area is 258 Å². The molecule has 4 heterocycles. The van der Waals surface area contributed by atoms with Crippen molar-refractivity contribution in [3.63, 3.8) is 0 Å². The van der Waals surface area contributed by atoms with Gasteiger partial charge in [0.25, 0.3) is 5.91 Å². The van der Waals surface area contributed by atoms with Gasteiger partial charge in [0.1, 0.15) is 16.7 Å². The molecule has 3 aromatic rings. The average molecular weight is 602 g/mol. The number of hydrogen-bond donors (Lipinski definition) is 2. The van der Waals surface area contributed by atoms with Crippen molar-refractivity contribution in [2.45, 2.75) is 83.2 Å². The summed E-state index contributed by atoms with van der Waals surface area (Å²) in [4.78, 5) is 25.5. The van der Waals surface area contributed by atoms with Crippen LogP contribution in [0.5, 0.6) is 5.88 Å². The highest BCUT2D eigenvalue weighted by atomic mass is 32.2. The minimum atomic E-state index is -0.199. The van der Waals surface area contributed by atoms with Crippen LogP contribution in [-0.4, -0.2) is 50.9 Å². The first-order valence-corrected chi connectivity index (χ1v) is 16.7. The Morgan fingerprint density at radius 1 is 1.09 bits per heavy atom. The van der Waals surface area contributed by atoms with Gasteiger partial charge in [-0.05, 0) is 106 Å². The van der Waals surface area contributed by atoms with Crippen LogP contribution in [0.15, 0.2) is 47.6 Å². The van der Waals surface area contributed by atoms with Crippen molar-refractivity contribution in [1.29, 1.82) is 0 Å². The highest BCUT2D eigenvalue weighted by molar-refractivity contribution is 7.97. The number of carbonyl (C=O) groups is 1. The van der Waals surface area contributed by atoms with Gasteiger partial charge in [-0.15, -0.1) is 5.10 Å². The monoisotopic (exact) mass is 601 g/mol. The number of fused-ring (bicyclic) bond motifs is 1. The fourth-order valence-corrected chi connectivity index (χ4v) is 8.63. The molecule has 9 nitrogen and oxygen atoms in total. The molecule has 1 saturated heterocycles.